The van der Waals surface area contributed by atoms with Crippen molar-refractivity contribution in [3.05, 3.63) is 40.4 Å². The van der Waals surface area contributed by atoms with Gasteiger partial charge in [0.1, 0.15) is 23.2 Å². The lowest BCUT2D eigenvalue weighted by atomic mass is 10.2. The molecule has 0 fully saturated rings. The molecule has 154 valence electrons. The molecule has 2 rings (SSSR count). The Morgan fingerprint density at radius 2 is 1.82 bits per heavy atom. The number of carbonyl (C=O) groups is 1. The quantitative estimate of drug-likeness (QED) is 0.599. The first-order valence-electron chi connectivity index (χ1n) is 7.42. The number of hydrogen-bond acceptors (Lipinski definition) is 3. The molecular formula is C15H11ClF7N3O2. The van der Waals surface area contributed by atoms with Gasteiger partial charge in [0, 0.05) is 6.07 Å². The van der Waals surface area contributed by atoms with E-state index in [1.54, 1.807) is 0 Å². The monoisotopic (exact) mass is 433 g/mol. The lowest BCUT2D eigenvalue weighted by molar-refractivity contribution is -0.119. The molecule has 1 atom stereocenters. The van der Waals surface area contributed by atoms with Crippen molar-refractivity contribution in [1.82, 2.24) is 9.78 Å². The third kappa shape index (κ3) is 4.66. The SMILES string of the molecule is CC(C(=O)Nc1ccc(F)cc1OC(F)F)n1nc(C(F)F)c(Cl)c1C(F)F. The second-order valence-electron chi connectivity index (χ2n) is 5.31. The normalized spacial score (nSPS) is 12.7. The van der Waals surface area contributed by atoms with Crippen LogP contribution in [0.3, 0.4) is 0 Å². The van der Waals surface area contributed by atoms with Crippen LogP contribution < -0.4 is 10.1 Å². The number of hydrogen-bond donors (Lipinski definition) is 1. The highest BCUT2D eigenvalue weighted by Crippen LogP contribution is 2.36. The molecule has 5 nitrogen and oxygen atoms in total. The number of rotatable bonds is 7. The first-order valence-corrected chi connectivity index (χ1v) is 7.80. The summed E-state index contributed by atoms with van der Waals surface area (Å²) in [6.45, 7) is -2.30. The van der Waals surface area contributed by atoms with Gasteiger partial charge in [-0.3, -0.25) is 4.79 Å². The highest BCUT2D eigenvalue weighted by molar-refractivity contribution is 6.32. The average molecular weight is 434 g/mol. The van der Waals surface area contributed by atoms with E-state index in [1.807, 2.05) is 0 Å². The van der Waals surface area contributed by atoms with Crippen LogP contribution in [0, 0.1) is 5.82 Å². The Labute approximate surface area is 158 Å². The third-order valence-electron chi connectivity index (χ3n) is 3.49. The van der Waals surface area contributed by atoms with Crippen molar-refractivity contribution < 1.29 is 40.3 Å². The summed E-state index contributed by atoms with van der Waals surface area (Å²) in [4.78, 5) is 12.3. The molecule has 1 amide bonds. The second kappa shape index (κ2) is 8.67. The van der Waals surface area contributed by atoms with Gasteiger partial charge in [0.2, 0.25) is 5.91 Å². The van der Waals surface area contributed by atoms with Gasteiger partial charge in [-0.05, 0) is 19.1 Å². The summed E-state index contributed by atoms with van der Waals surface area (Å²) < 4.78 is 94.6. The van der Waals surface area contributed by atoms with E-state index in [0.29, 0.717) is 10.7 Å². The highest BCUT2D eigenvalue weighted by atomic mass is 35.5. The number of ether oxygens (including phenoxy) is 1. The zero-order chi connectivity index (χ0) is 21.2. The topological polar surface area (TPSA) is 56.1 Å². The van der Waals surface area contributed by atoms with Gasteiger partial charge in [0.05, 0.1) is 10.7 Å². The van der Waals surface area contributed by atoms with Crippen LogP contribution in [-0.2, 0) is 4.79 Å². The van der Waals surface area contributed by atoms with Gasteiger partial charge in [0.15, 0.2) is 5.75 Å². The minimum atomic E-state index is -3.33. The van der Waals surface area contributed by atoms with Crippen molar-refractivity contribution in [2.75, 3.05) is 5.32 Å². The number of benzene rings is 1. The van der Waals surface area contributed by atoms with Gasteiger partial charge in [0.25, 0.3) is 12.9 Å². The zero-order valence-electron chi connectivity index (χ0n) is 13.8. The predicted molar refractivity (Wildman–Crippen MR) is 83.5 cm³/mol. The predicted octanol–water partition coefficient (Wildman–Crippen LogP) is 5.35. The maximum atomic E-state index is 13.2. The fourth-order valence-electron chi connectivity index (χ4n) is 2.22. The van der Waals surface area contributed by atoms with E-state index in [2.05, 4.69) is 15.2 Å². The number of halogens is 8. The number of aromatic nitrogens is 2. The number of nitrogens with zero attached hydrogens (tertiary/aromatic N) is 2. The second-order valence-corrected chi connectivity index (χ2v) is 5.69. The molecule has 13 heteroatoms. The fourth-order valence-corrected chi connectivity index (χ4v) is 2.51. The molecular weight excluding hydrogens is 423 g/mol. The van der Waals surface area contributed by atoms with Crippen molar-refractivity contribution in [3.8, 4) is 5.75 Å². The van der Waals surface area contributed by atoms with Crippen LogP contribution in [0.25, 0.3) is 0 Å². The van der Waals surface area contributed by atoms with E-state index in [9.17, 15) is 35.5 Å². The van der Waals surface area contributed by atoms with Crippen LogP contribution in [0.15, 0.2) is 18.2 Å². The Bertz CT molecular complexity index is 860. The van der Waals surface area contributed by atoms with E-state index >= 15 is 0 Å². The Kier molecular flexibility index (Phi) is 6.75. The summed E-state index contributed by atoms with van der Waals surface area (Å²) in [6.07, 6.45) is -6.60. The molecule has 0 bridgehead atoms. The molecule has 28 heavy (non-hydrogen) atoms. The summed E-state index contributed by atoms with van der Waals surface area (Å²) >= 11 is 5.51. The maximum absolute atomic E-state index is 13.2. The van der Waals surface area contributed by atoms with Gasteiger partial charge >= 0.3 is 6.61 Å². The zero-order valence-corrected chi connectivity index (χ0v) is 14.5. The average Bonchev–Trinajstić information content (AvgIpc) is 2.93. The van der Waals surface area contributed by atoms with Gasteiger partial charge in [-0.25, -0.2) is 26.6 Å². The van der Waals surface area contributed by atoms with E-state index < -0.39 is 65.1 Å². The first-order chi connectivity index (χ1) is 13.0. The molecule has 1 aromatic heterocycles. The van der Waals surface area contributed by atoms with Crippen molar-refractivity contribution in [3.63, 3.8) is 0 Å². The van der Waals surface area contributed by atoms with Crippen molar-refractivity contribution in [2.24, 2.45) is 0 Å². The van der Waals surface area contributed by atoms with Gasteiger partial charge in [-0.1, -0.05) is 11.6 Å². The molecule has 0 aliphatic carbocycles. The minimum Gasteiger partial charge on any atom is -0.432 e. The molecule has 1 unspecified atom stereocenters. The molecule has 1 heterocycles. The molecule has 2 aromatic rings. The number of alkyl halides is 6. The van der Waals surface area contributed by atoms with Crippen LogP contribution >= 0.6 is 11.6 Å². The van der Waals surface area contributed by atoms with E-state index in [1.165, 1.54) is 0 Å². The highest BCUT2D eigenvalue weighted by Gasteiger charge is 2.32. The summed E-state index contributed by atoms with van der Waals surface area (Å²) in [5, 5.41) is 4.33. The standard InChI is InChI=1S/C15H11ClF7N3O2/c1-5(26-11(13(20)21)9(16)10(25-26)12(18)19)14(27)24-7-3-2-6(17)4-8(7)28-15(22)23/h2-5,12-13,15H,1H3,(H,24,27). The van der Waals surface area contributed by atoms with Crippen LogP contribution in [0.5, 0.6) is 5.75 Å². The maximum Gasteiger partial charge on any atom is 0.387 e. The number of nitrogens with one attached hydrogen (secondary N) is 1. The Morgan fingerprint density at radius 1 is 1.18 bits per heavy atom. The fraction of sp³-hybridized carbons (Fsp3) is 0.333. The van der Waals surface area contributed by atoms with Gasteiger partial charge < -0.3 is 10.1 Å². The number of carbonyl (C=O) groups excluding carboxylic acids is 1. The third-order valence-corrected chi connectivity index (χ3v) is 3.88. The van der Waals surface area contributed by atoms with Crippen LogP contribution in [0.1, 0.15) is 37.2 Å². The Morgan fingerprint density at radius 3 is 2.36 bits per heavy atom. The lowest BCUT2D eigenvalue weighted by Gasteiger charge is -2.17. The molecule has 0 saturated carbocycles. The van der Waals surface area contributed by atoms with Crippen molar-refractivity contribution >= 4 is 23.2 Å². The molecule has 0 saturated heterocycles. The number of amides is 1. The Hall–Kier alpha value is -2.50. The lowest BCUT2D eigenvalue weighted by Crippen LogP contribution is -2.26. The van der Waals surface area contributed by atoms with E-state index in [0.717, 1.165) is 19.1 Å². The van der Waals surface area contributed by atoms with Crippen LogP contribution in [0.4, 0.5) is 36.4 Å². The molecule has 1 aromatic carbocycles. The summed E-state index contributed by atoms with van der Waals surface area (Å²) in [5.41, 5.74) is -2.65. The van der Waals surface area contributed by atoms with Gasteiger partial charge in [-0.2, -0.15) is 13.9 Å². The summed E-state index contributed by atoms with van der Waals surface area (Å²) in [5.74, 6) is -2.77. The molecule has 0 aliphatic rings. The molecule has 0 aliphatic heterocycles. The Balaban J connectivity index is 2.35. The summed E-state index contributed by atoms with van der Waals surface area (Å²) in [6, 6.07) is 0.685. The molecule has 0 radical (unpaired) electrons. The van der Waals surface area contributed by atoms with Gasteiger partial charge in [-0.15, -0.1) is 0 Å². The first kappa shape index (κ1) is 21.8. The largest absolute Gasteiger partial charge is 0.432 e. The van der Waals surface area contributed by atoms with Crippen LogP contribution in [-0.4, -0.2) is 22.3 Å². The molecule has 0 spiro atoms. The van der Waals surface area contributed by atoms with E-state index in [4.69, 9.17) is 11.6 Å². The smallest absolute Gasteiger partial charge is 0.387 e. The molecule has 1 N–H and O–H groups in total. The minimum absolute atomic E-state index is 0.307. The van der Waals surface area contributed by atoms with Crippen LogP contribution in [0.2, 0.25) is 5.02 Å². The van der Waals surface area contributed by atoms with Crippen molar-refractivity contribution in [2.45, 2.75) is 32.4 Å². The van der Waals surface area contributed by atoms with E-state index in [-0.39, 0.29) is 0 Å². The van der Waals surface area contributed by atoms with Crippen molar-refractivity contribution in [1.29, 1.82) is 0 Å². The number of anilines is 1. The summed E-state index contributed by atoms with van der Waals surface area (Å²) in [7, 11) is 0.